The summed E-state index contributed by atoms with van der Waals surface area (Å²) < 4.78 is 20.0. The van der Waals surface area contributed by atoms with Crippen LogP contribution in [0.25, 0.3) is 28.3 Å². The number of carbonyl (C=O) groups is 2. The van der Waals surface area contributed by atoms with Gasteiger partial charge in [-0.05, 0) is 54.3 Å². The number of benzene rings is 2. The first-order valence-electron chi connectivity index (χ1n) is 14.8. The van der Waals surface area contributed by atoms with Crippen molar-refractivity contribution in [2.75, 3.05) is 25.1 Å². The van der Waals surface area contributed by atoms with E-state index in [1.807, 2.05) is 11.0 Å². The van der Waals surface area contributed by atoms with Gasteiger partial charge in [0.15, 0.2) is 11.5 Å². The molecule has 0 radical (unpaired) electrons. The van der Waals surface area contributed by atoms with E-state index in [2.05, 4.69) is 26.3 Å². The Hall–Kier alpha value is -6.42. The largest absolute Gasteiger partial charge is 0.504 e. The molecule has 0 bridgehead atoms. The lowest BCUT2D eigenvalue weighted by molar-refractivity contribution is -0.124. The summed E-state index contributed by atoms with van der Waals surface area (Å²) in [5, 5.41) is 49.1. The van der Waals surface area contributed by atoms with Gasteiger partial charge in [0.2, 0.25) is 0 Å². The quantitative estimate of drug-likeness (QED) is 0.0744. The molecule has 0 unspecified atom stereocenters. The number of hydrogen-bond donors (Lipinski definition) is 5. The minimum Gasteiger partial charge on any atom is -0.504 e. The van der Waals surface area contributed by atoms with Gasteiger partial charge < -0.3 is 25.2 Å². The van der Waals surface area contributed by atoms with Crippen molar-refractivity contribution in [2.24, 2.45) is 0 Å². The average molecular weight is 667 g/mol. The Morgan fingerprint density at radius 2 is 1.78 bits per heavy atom. The number of methoxy groups -OCH3 is 1. The summed E-state index contributed by atoms with van der Waals surface area (Å²) in [7, 11) is 1.44. The van der Waals surface area contributed by atoms with E-state index in [0.717, 1.165) is 12.8 Å². The molecule has 0 atom stereocenters. The summed E-state index contributed by atoms with van der Waals surface area (Å²) in [6.07, 6.45) is 8.92. The van der Waals surface area contributed by atoms with Gasteiger partial charge >= 0.3 is 0 Å². The highest BCUT2D eigenvalue weighted by molar-refractivity contribution is 5.91. The van der Waals surface area contributed by atoms with Crippen LogP contribution in [0.1, 0.15) is 35.4 Å². The van der Waals surface area contributed by atoms with Gasteiger partial charge in [0.1, 0.15) is 35.2 Å². The number of ether oxygens (including phenoxy) is 1. The van der Waals surface area contributed by atoms with Gasteiger partial charge in [-0.3, -0.25) is 14.8 Å². The Bertz CT molecular complexity index is 1920. The first kappa shape index (κ1) is 35.4. The van der Waals surface area contributed by atoms with E-state index in [0.29, 0.717) is 59.1 Å². The van der Waals surface area contributed by atoms with Crippen LogP contribution in [-0.2, 0) is 16.1 Å². The van der Waals surface area contributed by atoms with E-state index in [1.54, 1.807) is 36.8 Å². The summed E-state index contributed by atoms with van der Waals surface area (Å²) >= 11 is 0. The molecule has 3 heterocycles. The van der Waals surface area contributed by atoms with Crippen LogP contribution in [0, 0.1) is 28.5 Å². The molecule has 1 saturated heterocycles. The highest BCUT2D eigenvalue weighted by Gasteiger charge is 2.26. The number of hydrogen-bond acceptors (Lipinski definition) is 12. The van der Waals surface area contributed by atoms with Crippen molar-refractivity contribution in [3.63, 3.8) is 0 Å². The number of hydroxylamine groups is 1. The molecule has 0 saturated carbocycles. The number of rotatable bonds is 9. The number of piperidine rings is 1. The maximum atomic E-state index is 14.8. The second-order valence-electron chi connectivity index (χ2n) is 10.5. The first-order chi connectivity index (χ1) is 23.8. The highest BCUT2D eigenvalue weighted by Crippen LogP contribution is 2.41. The van der Waals surface area contributed by atoms with Crippen molar-refractivity contribution < 1.29 is 34.1 Å². The van der Waals surface area contributed by atoms with E-state index in [9.17, 15) is 24.8 Å². The first-order valence-corrected chi connectivity index (χ1v) is 14.8. The lowest BCUT2D eigenvalue weighted by Gasteiger charge is -2.34. The molecule has 5 rings (SSSR count). The average Bonchev–Trinajstić information content (AvgIpc) is 3.13. The number of amides is 1. The lowest BCUT2D eigenvalue weighted by atomic mass is 9.91. The van der Waals surface area contributed by atoms with Gasteiger partial charge in [0.25, 0.3) is 12.4 Å². The normalized spacial score (nSPS) is 12.7. The number of nitrogens with one attached hydrogen (secondary N) is 2. The Balaban J connectivity index is 0.00000174. The summed E-state index contributed by atoms with van der Waals surface area (Å²) in [6, 6.07) is 13.3. The topological polar surface area (TPSA) is 218 Å². The molecule has 2 aromatic heterocycles. The number of anilines is 1. The minimum absolute atomic E-state index is 0.0978. The molecule has 250 valence electrons. The molecule has 49 heavy (non-hydrogen) atoms. The summed E-state index contributed by atoms with van der Waals surface area (Å²) in [5.74, 6) is -0.131. The SMILES string of the molecule is COc1ccc(-c2cnc(N3CCC(NCc4ncc(/C=C/C(=O)NO)cn4)CC3)c(C#N)c2-c2ccc(C#N)c(F)c2)cc1O.O=CO. The monoisotopic (exact) mass is 666 g/mol. The number of carboxylic acid groups (broad SMARTS) is 1. The molecular formula is C34H31FN8O6. The van der Waals surface area contributed by atoms with E-state index in [4.69, 9.17) is 19.8 Å². The third-order valence-electron chi connectivity index (χ3n) is 7.64. The van der Waals surface area contributed by atoms with Crippen molar-refractivity contribution in [2.45, 2.75) is 25.4 Å². The van der Waals surface area contributed by atoms with Crippen molar-refractivity contribution in [1.82, 2.24) is 25.7 Å². The predicted molar refractivity (Wildman–Crippen MR) is 174 cm³/mol. The van der Waals surface area contributed by atoms with Crippen LogP contribution in [0.2, 0.25) is 0 Å². The molecular weight excluding hydrogens is 635 g/mol. The molecule has 14 nitrogen and oxygen atoms in total. The van der Waals surface area contributed by atoms with Crippen molar-refractivity contribution in [3.05, 3.63) is 89.4 Å². The van der Waals surface area contributed by atoms with Gasteiger partial charge in [0, 0.05) is 60.5 Å². The number of nitriles is 2. The Morgan fingerprint density at radius 3 is 2.37 bits per heavy atom. The fraction of sp³-hybridized carbons (Fsp3) is 0.206. The highest BCUT2D eigenvalue weighted by atomic mass is 19.1. The van der Waals surface area contributed by atoms with Crippen LogP contribution < -0.4 is 20.4 Å². The van der Waals surface area contributed by atoms with E-state index in [1.165, 1.54) is 42.9 Å². The molecule has 4 aromatic rings. The molecule has 0 spiro atoms. The van der Waals surface area contributed by atoms with Crippen molar-refractivity contribution in [3.8, 4) is 45.9 Å². The Labute approximate surface area is 280 Å². The molecule has 1 amide bonds. The van der Waals surface area contributed by atoms with Crippen LogP contribution in [0.15, 0.2) is 61.1 Å². The number of phenols is 1. The molecule has 15 heteroatoms. The van der Waals surface area contributed by atoms with E-state index >= 15 is 0 Å². The van der Waals surface area contributed by atoms with Crippen LogP contribution in [-0.4, -0.2) is 69.0 Å². The van der Waals surface area contributed by atoms with E-state index in [-0.39, 0.29) is 35.1 Å². The maximum absolute atomic E-state index is 14.8. The number of phenolic OH excluding ortho intramolecular Hbond substituents is 1. The third kappa shape index (κ3) is 8.69. The second kappa shape index (κ2) is 16.9. The number of carbonyl (C=O) groups excluding carboxylic acids is 1. The number of aromatic hydroxyl groups is 1. The molecule has 1 fully saturated rings. The van der Waals surface area contributed by atoms with Gasteiger partial charge in [-0.25, -0.2) is 24.8 Å². The predicted octanol–water partition coefficient (Wildman–Crippen LogP) is 3.78. The maximum Gasteiger partial charge on any atom is 0.290 e. The summed E-state index contributed by atoms with van der Waals surface area (Å²) in [5.41, 5.74) is 4.17. The smallest absolute Gasteiger partial charge is 0.290 e. The molecule has 5 N–H and O–H groups in total. The number of pyridine rings is 1. The number of halogens is 1. The van der Waals surface area contributed by atoms with Crippen LogP contribution in [0.4, 0.5) is 10.2 Å². The van der Waals surface area contributed by atoms with Gasteiger partial charge in [-0.2, -0.15) is 10.5 Å². The fourth-order valence-electron chi connectivity index (χ4n) is 5.27. The van der Waals surface area contributed by atoms with Crippen LogP contribution in [0.3, 0.4) is 0 Å². The van der Waals surface area contributed by atoms with E-state index < -0.39 is 11.7 Å². The van der Waals surface area contributed by atoms with Gasteiger partial charge in [0.05, 0.1) is 19.2 Å². The fourth-order valence-corrected chi connectivity index (χ4v) is 5.27. The Morgan fingerprint density at radius 1 is 1.08 bits per heavy atom. The minimum atomic E-state index is -0.707. The van der Waals surface area contributed by atoms with Gasteiger partial charge in [-0.1, -0.05) is 12.1 Å². The lowest BCUT2D eigenvalue weighted by Crippen LogP contribution is -2.43. The third-order valence-corrected chi connectivity index (χ3v) is 7.64. The molecule has 0 aliphatic carbocycles. The standard InChI is InChI=1S/C33H29FN8O4.CH2O2/c1-46-29-6-5-21(13-28(29)43)26-18-40-33(25(15-36)32(26)22-3-4-23(14-35)27(34)12-22)42-10-8-24(9-11-42)37-19-30-38-16-20(17-39-30)2-7-31(44)41-45;2-1-3/h2-7,12-13,16-18,24,37,43,45H,8-11,19H2,1H3,(H,41,44);1H,(H,2,3)/b7-2+;. The molecule has 2 aromatic carbocycles. The van der Waals surface area contributed by atoms with Gasteiger partial charge in [-0.15, -0.1) is 0 Å². The number of nitrogens with zero attached hydrogens (tertiary/aromatic N) is 6. The summed E-state index contributed by atoms with van der Waals surface area (Å²) in [4.78, 5) is 34.8. The van der Waals surface area contributed by atoms with Crippen LogP contribution in [0.5, 0.6) is 11.5 Å². The zero-order valence-corrected chi connectivity index (χ0v) is 26.2. The zero-order valence-electron chi connectivity index (χ0n) is 26.2. The van der Waals surface area contributed by atoms with Crippen LogP contribution >= 0.6 is 0 Å². The molecule has 1 aliphatic rings. The van der Waals surface area contributed by atoms with Crippen molar-refractivity contribution in [1.29, 1.82) is 10.5 Å². The molecule has 1 aliphatic heterocycles. The Kier molecular flexibility index (Phi) is 12.2. The number of aromatic nitrogens is 3. The summed E-state index contributed by atoms with van der Waals surface area (Å²) in [6.45, 7) is 1.38. The van der Waals surface area contributed by atoms with Crippen molar-refractivity contribution >= 4 is 24.3 Å². The second-order valence-corrected chi connectivity index (χ2v) is 10.5. The zero-order chi connectivity index (χ0) is 35.3.